The summed E-state index contributed by atoms with van der Waals surface area (Å²) in [5.74, 6) is -0.0216. The Kier molecular flexibility index (Phi) is 3.56. The molecule has 1 aliphatic rings. The van der Waals surface area contributed by atoms with Crippen molar-refractivity contribution in [1.29, 1.82) is 0 Å². The molecule has 3 rings (SSSR count). The molecule has 2 aromatic rings. The van der Waals surface area contributed by atoms with E-state index in [4.69, 9.17) is 0 Å². The normalized spacial score (nSPS) is 14.0. The molecule has 1 saturated carbocycles. The molecular weight excluding hydrogens is 271 g/mol. The lowest BCUT2D eigenvalue weighted by Gasteiger charge is -2.11. The standard InChI is InChI=1S/C16H15FN2O2/c17-14-6-3-7-15(19(20)21)16(14)18-10-12-4-1-2-5-13(12)11-8-9-11/h1-7,11,18H,8-10H2. The highest BCUT2D eigenvalue weighted by Gasteiger charge is 2.26. The van der Waals surface area contributed by atoms with Crippen LogP contribution in [0.3, 0.4) is 0 Å². The Morgan fingerprint density at radius 3 is 2.67 bits per heavy atom. The van der Waals surface area contributed by atoms with Gasteiger partial charge in [-0.1, -0.05) is 30.3 Å². The third-order valence-electron chi connectivity index (χ3n) is 3.72. The molecule has 0 spiro atoms. The molecule has 0 amide bonds. The Morgan fingerprint density at radius 2 is 1.95 bits per heavy atom. The predicted molar refractivity (Wildman–Crippen MR) is 78.8 cm³/mol. The number of anilines is 1. The Hall–Kier alpha value is -2.43. The van der Waals surface area contributed by atoms with E-state index in [2.05, 4.69) is 11.4 Å². The fourth-order valence-electron chi connectivity index (χ4n) is 2.51. The highest BCUT2D eigenvalue weighted by atomic mass is 19.1. The van der Waals surface area contributed by atoms with Gasteiger partial charge in [-0.2, -0.15) is 0 Å². The predicted octanol–water partition coefficient (Wildman–Crippen LogP) is 4.22. The lowest BCUT2D eigenvalue weighted by atomic mass is 10.0. The van der Waals surface area contributed by atoms with Crippen LogP contribution in [-0.4, -0.2) is 4.92 Å². The third-order valence-corrected chi connectivity index (χ3v) is 3.72. The van der Waals surface area contributed by atoms with Gasteiger partial charge < -0.3 is 5.32 Å². The smallest absolute Gasteiger partial charge is 0.295 e. The maximum absolute atomic E-state index is 13.8. The Bertz CT molecular complexity index is 684. The molecule has 0 atom stereocenters. The molecule has 4 nitrogen and oxygen atoms in total. The van der Waals surface area contributed by atoms with Crippen LogP contribution >= 0.6 is 0 Å². The Morgan fingerprint density at radius 1 is 1.19 bits per heavy atom. The fourth-order valence-corrected chi connectivity index (χ4v) is 2.51. The van der Waals surface area contributed by atoms with E-state index in [1.54, 1.807) is 0 Å². The second kappa shape index (κ2) is 5.52. The average molecular weight is 286 g/mol. The topological polar surface area (TPSA) is 55.2 Å². The molecule has 2 aromatic carbocycles. The average Bonchev–Trinajstić information content (AvgIpc) is 3.30. The number of rotatable bonds is 5. The zero-order valence-electron chi connectivity index (χ0n) is 11.4. The summed E-state index contributed by atoms with van der Waals surface area (Å²) in [5, 5.41) is 13.9. The number of nitro groups is 1. The summed E-state index contributed by atoms with van der Waals surface area (Å²) in [6.07, 6.45) is 2.35. The summed E-state index contributed by atoms with van der Waals surface area (Å²) in [6, 6.07) is 11.8. The van der Waals surface area contributed by atoms with Crippen LogP contribution in [0.15, 0.2) is 42.5 Å². The van der Waals surface area contributed by atoms with Gasteiger partial charge in [-0.15, -0.1) is 0 Å². The minimum atomic E-state index is -0.604. The number of hydrogen-bond donors (Lipinski definition) is 1. The first kappa shape index (κ1) is 13.5. The van der Waals surface area contributed by atoms with Gasteiger partial charge in [0.2, 0.25) is 0 Å². The van der Waals surface area contributed by atoms with Crippen molar-refractivity contribution in [1.82, 2.24) is 0 Å². The Labute approximate surface area is 121 Å². The van der Waals surface area contributed by atoms with Crippen LogP contribution in [0.4, 0.5) is 15.8 Å². The monoisotopic (exact) mass is 286 g/mol. The van der Waals surface area contributed by atoms with Gasteiger partial charge in [0.25, 0.3) is 5.69 Å². The van der Waals surface area contributed by atoms with Crippen molar-refractivity contribution in [3.63, 3.8) is 0 Å². The van der Waals surface area contributed by atoms with Crippen molar-refractivity contribution in [2.24, 2.45) is 0 Å². The largest absolute Gasteiger partial charge is 0.373 e. The molecule has 1 fully saturated rings. The van der Waals surface area contributed by atoms with E-state index in [9.17, 15) is 14.5 Å². The first-order valence-corrected chi connectivity index (χ1v) is 6.91. The second-order valence-electron chi connectivity index (χ2n) is 5.22. The number of nitro benzene ring substituents is 1. The highest BCUT2D eigenvalue weighted by Crippen LogP contribution is 2.41. The molecule has 0 radical (unpaired) electrons. The number of benzene rings is 2. The number of para-hydroxylation sites is 1. The van der Waals surface area contributed by atoms with Gasteiger partial charge in [0.05, 0.1) is 4.92 Å². The van der Waals surface area contributed by atoms with E-state index in [-0.39, 0.29) is 11.4 Å². The number of hydrogen-bond acceptors (Lipinski definition) is 3. The molecule has 21 heavy (non-hydrogen) atoms. The minimum absolute atomic E-state index is 0.0481. The van der Waals surface area contributed by atoms with E-state index in [0.29, 0.717) is 12.5 Å². The summed E-state index contributed by atoms with van der Waals surface area (Å²) in [7, 11) is 0. The third kappa shape index (κ3) is 2.86. The SMILES string of the molecule is O=[N+]([O-])c1cccc(F)c1NCc1ccccc1C1CC1. The molecular formula is C16H15FN2O2. The molecule has 5 heteroatoms. The lowest BCUT2D eigenvalue weighted by molar-refractivity contribution is -0.384. The summed E-state index contributed by atoms with van der Waals surface area (Å²) in [4.78, 5) is 10.4. The first-order valence-electron chi connectivity index (χ1n) is 6.91. The van der Waals surface area contributed by atoms with Crippen LogP contribution < -0.4 is 5.32 Å². The van der Waals surface area contributed by atoms with Crippen LogP contribution in [0.2, 0.25) is 0 Å². The van der Waals surface area contributed by atoms with E-state index < -0.39 is 10.7 Å². The molecule has 0 saturated heterocycles. The summed E-state index contributed by atoms with van der Waals surface area (Å²) >= 11 is 0. The first-order chi connectivity index (χ1) is 10.2. The minimum Gasteiger partial charge on any atom is -0.373 e. The van der Waals surface area contributed by atoms with Crippen molar-refractivity contribution in [2.75, 3.05) is 5.32 Å². The second-order valence-corrected chi connectivity index (χ2v) is 5.22. The quantitative estimate of drug-likeness (QED) is 0.661. The number of halogens is 1. The van der Waals surface area contributed by atoms with Crippen LogP contribution in [0.1, 0.15) is 29.9 Å². The molecule has 0 aromatic heterocycles. The van der Waals surface area contributed by atoms with Crippen molar-refractivity contribution in [3.05, 3.63) is 69.5 Å². The fraction of sp³-hybridized carbons (Fsp3) is 0.250. The molecule has 0 bridgehead atoms. The Balaban J connectivity index is 1.84. The molecule has 0 aliphatic heterocycles. The van der Waals surface area contributed by atoms with Gasteiger partial charge in [0, 0.05) is 12.6 Å². The van der Waals surface area contributed by atoms with Crippen molar-refractivity contribution in [3.8, 4) is 0 Å². The summed E-state index contributed by atoms with van der Waals surface area (Å²) in [5.41, 5.74) is 2.04. The van der Waals surface area contributed by atoms with Crippen LogP contribution in [0, 0.1) is 15.9 Å². The van der Waals surface area contributed by atoms with Gasteiger partial charge in [-0.05, 0) is 36.0 Å². The number of nitrogens with one attached hydrogen (secondary N) is 1. The molecule has 1 N–H and O–H groups in total. The van der Waals surface area contributed by atoms with Crippen molar-refractivity contribution < 1.29 is 9.31 Å². The van der Waals surface area contributed by atoms with Gasteiger partial charge in [0.1, 0.15) is 5.69 Å². The van der Waals surface area contributed by atoms with Crippen molar-refractivity contribution in [2.45, 2.75) is 25.3 Å². The zero-order valence-corrected chi connectivity index (χ0v) is 11.4. The summed E-state index contributed by atoms with van der Waals surface area (Å²) in [6.45, 7) is 0.383. The maximum atomic E-state index is 13.8. The van der Waals surface area contributed by atoms with Gasteiger partial charge in [-0.3, -0.25) is 10.1 Å². The molecule has 1 aliphatic carbocycles. The van der Waals surface area contributed by atoms with E-state index >= 15 is 0 Å². The molecule has 108 valence electrons. The number of nitrogens with zero attached hydrogens (tertiary/aromatic N) is 1. The highest BCUT2D eigenvalue weighted by molar-refractivity contribution is 5.62. The van der Waals surface area contributed by atoms with Crippen LogP contribution in [0.5, 0.6) is 0 Å². The van der Waals surface area contributed by atoms with Crippen molar-refractivity contribution >= 4 is 11.4 Å². The molecule has 0 unspecified atom stereocenters. The lowest BCUT2D eigenvalue weighted by Crippen LogP contribution is -2.06. The van der Waals surface area contributed by atoms with E-state index in [1.165, 1.54) is 36.6 Å². The van der Waals surface area contributed by atoms with Gasteiger partial charge >= 0.3 is 0 Å². The van der Waals surface area contributed by atoms with E-state index in [0.717, 1.165) is 5.56 Å². The maximum Gasteiger partial charge on any atom is 0.295 e. The zero-order chi connectivity index (χ0) is 14.8. The molecule has 0 heterocycles. The van der Waals surface area contributed by atoms with E-state index in [1.807, 2.05) is 18.2 Å². The van der Waals surface area contributed by atoms with Crippen LogP contribution in [-0.2, 0) is 6.54 Å². The van der Waals surface area contributed by atoms with Crippen LogP contribution in [0.25, 0.3) is 0 Å². The van der Waals surface area contributed by atoms with Gasteiger partial charge in [-0.25, -0.2) is 4.39 Å². The summed E-state index contributed by atoms with van der Waals surface area (Å²) < 4.78 is 13.8. The van der Waals surface area contributed by atoms with Gasteiger partial charge in [0.15, 0.2) is 5.82 Å².